The number of hydrogen-bond acceptors (Lipinski definition) is 3. The molecule has 1 aromatic carbocycles. The van der Waals surface area contributed by atoms with Crippen molar-refractivity contribution in [1.82, 2.24) is 4.98 Å². The van der Waals surface area contributed by atoms with E-state index in [-0.39, 0.29) is 10.9 Å². The fourth-order valence-corrected chi connectivity index (χ4v) is 2.86. The maximum Gasteiger partial charge on any atom is 0.237 e. The minimum absolute atomic E-state index is 0.168. The van der Waals surface area contributed by atoms with Gasteiger partial charge in [-0.3, -0.25) is 9.78 Å². The topological polar surface area (TPSA) is 68.0 Å². The van der Waals surface area contributed by atoms with E-state index in [4.69, 9.17) is 18.0 Å². The van der Waals surface area contributed by atoms with E-state index in [0.29, 0.717) is 18.5 Å². The Bertz CT molecular complexity index is 675. The molecule has 0 aliphatic rings. The van der Waals surface area contributed by atoms with Gasteiger partial charge in [-0.15, -0.1) is 0 Å². The summed E-state index contributed by atoms with van der Waals surface area (Å²) in [7, 11) is 0. The zero-order chi connectivity index (χ0) is 15.5. The number of thiocarbonyl (C=S) groups is 1. The van der Waals surface area contributed by atoms with Crippen molar-refractivity contribution < 1.29 is 4.79 Å². The van der Waals surface area contributed by atoms with Gasteiger partial charge in [0.25, 0.3) is 0 Å². The number of anilines is 1. The van der Waals surface area contributed by atoms with E-state index < -0.39 is 5.41 Å². The van der Waals surface area contributed by atoms with Crippen LogP contribution in [0.2, 0.25) is 0 Å². The molecule has 4 nitrogen and oxygen atoms in total. The van der Waals surface area contributed by atoms with Crippen molar-refractivity contribution >= 4 is 39.7 Å². The number of carbonyl (C=O) groups is 1. The van der Waals surface area contributed by atoms with Crippen molar-refractivity contribution in [1.29, 1.82) is 0 Å². The monoisotopic (exact) mass is 301 g/mol. The SMILES string of the molecule is CCC(CC)(C(=O)Nc1cccc2cccnc12)C(N)=S. The molecule has 110 valence electrons. The van der Waals surface area contributed by atoms with E-state index in [1.54, 1.807) is 6.20 Å². The second-order valence-electron chi connectivity index (χ2n) is 4.99. The van der Waals surface area contributed by atoms with Gasteiger partial charge in [0.1, 0.15) is 0 Å². The summed E-state index contributed by atoms with van der Waals surface area (Å²) >= 11 is 5.12. The maximum atomic E-state index is 12.7. The average molecular weight is 301 g/mol. The number of carbonyl (C=O) groups excluding carboxylic acids is 1. The lowest BCUT2D eigenvalue weighted by Crippen LogP contribution is -2.45. The molecule has 1 aromatic heterocycles. The Kier molecular flexibility index (Phi) is 4.53. The molecule has 2 aromatic rings. The normalized spacial score (nSPS) is 11.3. The lowest BCUT2D eigenvalue weighted by molar-refractivity contribution is -0.122. The summed E-state index contributed by atoms with van der Waals surface area (Å²) in [5, 5.41) is 3.92. The number of pyridine rings is 1. The van der Waals surface area contributed by atoms with Crippen LogP contribution in [0.25, 0.3) is 10.9 Å². The van der Waals surface area contributed by atoms with E-state index in [1.165, 1.54) is 0 Å². The Morgan fingerprint density at radius 3 is 2.57 bits per heavy atom. The molecule has 3 N–H and O–H groups in total. The molecular formula is C16H19N3OS. The van der Waals surface area contributed by atoms with Gasteiger partial charge < -0.3 is 11.1 Å². The highest BCUT2D eigenvalue weighted by Crippen LogP contribution is 2.30. The summed E-state index contributed by atoms with van der Waals surface area (Å²) in [4.78, 5) is 17.2. The Hall–Kier alpha value is -2.01. The molecule has 0 aliphatic carbocycles. The molecule has 0 unspecified atom stereocenters. The van der Waals surface area contributed by atoms with E-state index >= 15 is 0 Å². The summed E-state index contributed by atoms with van der Waals surface area (Å²) in [6.45, 7) is 3.84. The third kappa shape index (κ3) is 2.74. The van der Waals surface area contributed by atoms with Gasteiger partial charge >= 0.3 is 0 Å². The smallest absolute Gasteiger partial charge is 0.237 e. The molecule has 0 saturated carbocycles. The molecule has 0 spiro atoms. The molecule has 0 bridgehead atoms. The van der Waals surface area contributed by atoms with Crippen molar-refractivity contribution in [3.63, 3.8) is 0 Å². The zero-order valence-corrected chi connectivity index (χ0v) is 13.0. The minimum atomic E-state index is -0.813. The van der Waals surface area contributed by atoms with Crippen LogP contribution in [0.15, 0.2) is 36.5 Å². The first kappa shape index (κ1) is 15.4. The van der Waals surface area contributed by atoms with Crippen LogP contribution in [-0.2, 0) is 4.79 Å². The van der Waals surface area contributed by atoms with Crippen LogP contribution in [0, 0.1) is 5.41 Å². The predicted octanol–water partition coefficient (Wildman–Crippen LogP) is 3.27. The third-order valence-electron chi connectivity index (χ3n) is 3.99. The van der Waals surface area contributed by atoms with Crippen LogP contribution in [0.1, 0.15) is 26.7 Å². The quantitative estimate of drug-likeness (QED) is 0.832. The standard InChI is InChI=1S/C16H19N3OS/c1-3-16(4-2,14(17)21)15(20)19-12-9-5-7-11-8-6-10-18-13(11)12/h5-10H,3-4H2,1-2H3,(H2,17,21)(H,19,20). The first-order valence-corrected chi connectivity index (χ1v) is 7.41. The fourth-order valence-electron chi connectivity index (χ4n) is 2.48. The Balaban J connectivity index is 2.40. The third-order valence-corrected chi connectivity index (χ3v) is 4.39. The van der Waals surface area contributed by atoms with Crippen LogP contribution in [0.4, 0.5) is 5.69 Å². The van der Waals surface area contributed by atoms with E-state index in [9.17, 15) is 4.79 Å². The number of nitrogens with two attached hydrogens (primary N) is 1. The number of hydrogen-bond donors (Lipinski definition) is 2. The molecule has 0 atom stereocenters. The number of aromatic nitrogens is 1. The second-order valence-corrected chi connectivity index (χ2v) is 5.43. The molecule has 2 rings (SSSR count). The Morgan fingerprint density at radius 1 is 1.29 bits per heavy atom. The van der Waals surface area contributed by atoms with Gasteiger partial charge in [0.2, 0.25) is 5.91 Å². The highest BCUT2D eigenvalue weighted by molar-refractivity contribution is 7.80. The number of benzene rings is 1. The van der Waals surface area contributed by atoms with Crippen molar-refractivity contribution in [2.45, 2.75) is 26.7 Å². The van der Waals surface area contributed by atoms with Gasteiger partial charge in [-0.2, -0.15) is 0 Å². The van der Waals surface area contributed by atoms with Crippen LogP contribution in [0.3, 0.4) is 0 Å². The maximum absolute atomic E-state index is 12.7. The van der Waals surface area contributed by atoms with Crippen molar-refractivity contribution in [3.05, 3.63) is 36.5 Å². The molecule has 0 saturated heterocycles. The van der Waals surface area contributed by atoms with E-state index in [0.717, 1.165) is 10.9 Å². The summed E-state index contributed by atoms with van der Waals surface area (Å²) in [5.41, 5.74) is 6.44. The molecule has 1 amide bonds. The molecule has 21 heavy (non-hydrogen) atoms. The van der Waals surface area contributed by atoms with E-state index in [2.05, 4.69) is 10.3 Å². The molecule has 0 fully saturated rings. The van der Waals surface area contributed by atoms with Crippen molar-refractivity contribution in [2.75, 3.05) is 5.32 Å². The van der Waals surface area contributed by atoms with Crippen LogP contribution < -0.4 is 11.1 Å². The summed E-state index contributed by atoms with van der Waals surface area (Å²) < 4.78 is 0. The summed E-state index contributed by atoms with van der Waals surface area (Å²) in [6.07, 6.45) is 2.85. The summed E-state index contributed by atoms with van der Waals surface area (Å²) in [5.74, 6) is -0.168. The number of amides is 1. The number of nitrogens with one attached hydrogen (secondary N) is 1. The first-order chi connectivity index (χ1) is 10.0. The predicted molar refractivity (Wildman–Crippen MR) is 90.2 cm³/mol. The largest absolute Gasteiger partial charge is 0.392 e. The number of fused-ring (bicyclic) bond motifs is 1. The molecule has 0 aliphatic heterocycles. The van der Waals surface area contributed by atoms with Crippen LogP contribution >= 0.6 is 12.2 Å². The van der Waals surface area contributed by atoms with Crippen LogP contribution in [-0.4, -0.2) is 15.9 Å². The van der Waals surface area contributed by atoms with Crippen molar-refractivity contribution in [3.8, 4) is 0 Å². The highest BCUT2D eigenvalue weighted by Gasteiger charge is 2.38. The number of para-hydroxylation sites is 1. The number of nitrogens with zero attached hydrogens (tertiary/aromatic N) is 1. The molecular weight excluding hydrogens is 282 g/mol. The van der Waals surface area contributed by atoms with Gasteiger partial charge in [0, 0.05) is 11.6 Å². The molecule has 1 heterocycles. The van der Waals surface area contributed by atoms with Gasteiger partial charge in [0.15, 0.2) is 0 Å². The van der Waals surface area contributed by atoms with Gasteiger partial charge in [-0.25, -0.2) is 0 Å². The fraction of sp³-hybridized carbons (Fsp3) is 0.312. The Morgan fingerprint density at radius 2 is 1.95 bits per heavy atom. The van der Waals surface area contributed by atoms with E-state index in [1.807, 2.05) is 44.2 Å². The Labute approximate surface area is 129 Å². The van der Waals surface area contributed by atoms with Crippen molar-refractivity contribution in [2.24, 2.45) is 11.1 Å². The highest BCUT2D eigenvalue weighted by atomic mass is 32.1. The first-order valence-electron chi connectivity index (χ1n) is 7.00. The summed E-state index contributed by atoms with van der Waals surface area (Å²) in [6, 6.07) is 9.51. The molecule has 5 heteroatoms. The van der Waals surface area contributed by atoms with Gasteiger partial charge in [0.05, 0.1) is 21.6 Å². The lowest BCUT2D eigenvalue weighted by atomic mass is 9.81. The average Bonchev–Trinajstić information content (AvgIpc) is 2.49. The molecule has 0 radical (unpaired) electrons. The van der Waals surface area contributed by atoms with Gasteiger partial charge in [-0.1, -0.05) is 44.3 Å². The minimum Gasteiger partial charge on any atom is -0.392 e. The van der Waals surface area contributed by atoms with Gasteiger partial charge in [-0.05, 0) is 25.0 Å². The lowest BCUT2D eigenvalue weighted by Gasteiger charge is -2.29. The zero-order valence-electron chi connectivity index (χ0n) is 12.2. The second kappa shape index (κ2) is 6.18. The van der Waals surface area contributed by atoms with Crippen LogP contribution in [0.5, 0.6) is 0 Å². The number of rotatable bonds is 5.